The fraction of sp³-hybridized carbons (Fsp3) is 0.778. The van der Waals surface area contributed by atoms with Crippen LogP contribution >= 0.6 is 0 Å². The van der Waals surface area contributed by atoms with E-state index in [0.717, 1.165) is 19.0 Å². The molecule has 4 heterocycles. The van der Waals surface area contributed by atoms with Crippen molar-refractivity contribution in [3.8, 4) is 0 Å². The van der Waals surface area contributed by atoms with Gasteiger partial charge in [-0.2, -0.15) is 4.98 Å². The van der Waals surface area contributed by atoms with E-state index in [-0.39, 0.29) is 0 Å². The van der Waals surface area contributed by atoms with Gasteiger partial charge in [0, 0.05) is 32.2 Å². The van der Waals surface area contributed by atoms with Crippen molar-refractivity contribution in [2.75, 3.05) is 31.1 Å². The predicted octanol–water partition coefficient (Wildman–Crippen LogP) is 0.354. The molecule has 0 amide bonds. The minimum Gasteiger partial charge on any atom is -0.341 e. The maximum absolute atomic E-state index is 4.80. The van der Waals surface area contributed by atoms with Crippen LogP contribution in [-0.2, 0) is 0 Å². The molecule has 0 unspecified atom stereocenters. The van der Waals surface area contributed by atoms with Crippen LogP contribution in [0.25, 0.3) is 0 Å². The van der Waals surface area contributed by atoms with E-state index < -0.39 is 0 Å². The van der Waals surface area contributed by atoms with Crippen LogP contribution in [0.5, 0.6) is 0 Å². The monoisotopic (exact) mass is 194 g/mol. The van der Waals surface area contributed by atoms with E-state index in [1.165, 1.54) is 32.3 Å². The van der Waals surface area contributed by atoms with Crippen molar-refractivity contribution in [1.29, 1.82) is 0 Å². The zero-order chi connectivity index (χ0) is 9.38. The number of hydrogen-bond acceptors (Lipinski definition) is 5. The summed E-state index contributed by atoms with van der Waals surface area (Å²) in [7, 11) is 0. The second-order valence-electron chi connectivity index (χ2n) is 4.00. The Kier molecular flexibility index (Phi) is 1.90. The summed E-state index contributed by atoms with van der Waals surface area (Å²) in [6.07, 6.45) is 3.87. The Bertz CT molecular complexity index is 292. The lowest BCUT2D eigenvalue weighted by Crippen LogP contribution is -2.38. The molecule has 3 saturated heterocycles. The van der Waals surface area contributed by atoms with Crippen LogP contribution in [0.4, 0.5) is 5.95 Å². The first-order chi connectivity index (χ1) is 6.93. The van der Waals surface area contributed by atoms with Gasteiger partial charge >= 0.3 is 0 Å². The number of fused-ring (bicyclic) bond motifs is 4. The first-order valence-electron chi connectivity index (χ1n) is 5.19. The van der Waals surface area contributed by atoms with Crippen molar-refractivity contribution < 1.29 is 4.52 Å². The van der Waals surface area contributed by atoms with Gasteiger partial charge in [0.05, 0.1) is 0 Å². The van der Waals surface area contributed by atoms with Crippen LogP contribution < -0.4 is 4.90 Å². The summed E-state index contributed by atoms with van der Waals surface area (Å²) in [4.78, 5) is 8.93. The van der Waals surface area contributed by atoms with Crippen LogP contribution in [0.1, 0.15) is 12.8 Å². The highest BCUT2D eigenvalue weighted by Gasteiger charge is 2.30. The summed E-state index contributed by atoms with van der Waals surface area (Å²) in [5, 5.41) is 3.92. The molecule has 5 nitrogen and oxygen atoms in total. The van der Waals surface area contributed by atoms with Crippen LogP contribution in [-0.4, -0.2) is 47.3 Å². The number of rotatable bonds is 1. The Hall–Kier alpha value is -1.10. The van der Waals surface area contributed by atoms with Gasteiger partial charge in [-0.1, -0.05) is 0 Å². The summed E-state index contributed by atoms with van der Waals surface area (Å²) in [6, 6.07) is 0.617. The van der Waals surface area contributed by atoms with Gasteiger partial charge in [0.2, 0.25) is 6.39 Å². The summed E-state index contributed by atoms with van der Waals surface area (Å²) in [5.74, 6) is 0.763. The molecule has 2 bridgehead atoms. The Morgan fingerprint density at radius 3 is 2.79 bits per heavy atom. The van der Waals surface area contributed by atoms with Crippen molar-refractivity contribution in [3.05, 3.63) is 6.39 Å². The summed E-state index contributed by atoms with van der Waals surface area (Å²) >= 11 is 0. The lowest BCUT2D eigenvalue weighted by Gasteiger charge is -2.30. The molecular weight excluding hydrogens is 180 g/mol. The highest BCUT2D eigenvalue weighted by atomic mass is 16.5. The summed E-state index contributed by atoms with van der Waals surface area (Å²) < 4.78 is 4.80. The maximum atomic E-state index is 4.80. The summed E-state index contributed by atoms with van der Waals surface area (Å²) in [5.41, 5.74) is 0. The first-order valence-corrected chi connectivity index (χ1v) is 5.19. The molecule has 3 aliphatic heterocycles. The Balaban J connectivity index is 1.85. The van der Waals surface area contributed by atoms with Gasteiger partial charge in [0.15, 0.2) is 0 Å². The van der Waals surface area contributed by atoms with E-state index in [1.807, 2.05) is 0 Å². The van der Waals surface area contributed by atoms with Gasteiger partial charge in [-0.25, -0.2) is 0 Å². The number of nitrogens with zero attached hydrogens (tertiary/aromatic N) is 4. The van der Waals surface area contributed by atoms with E-state index >= 15 is 0 Å². The van der Waals surface area contributed by atoms with Crippen LogP contribution in [0.15, 0.2) is 10.9 Å². The number of piperidine rings is 1. The number of hydrogen-bond donors (Lipinski definition) is 0. The van der Waals surface area contributed by atoms with Gasteiger partial charge < -0.3 is 14.3 Å². The molecule has 0 saturated carbocycles. The number of aromatic nitrogens is 2. The minimum absolute atomic E-state index is 0.617. The molecule has 0 N–H and O–H groups in total. The van der Waals surface area contributed by atoms with Crippen molar-refractivity contribution in [3.63, 3.8) is 0 Å². The summed E-state index contributed by atoms with van der Waals surface area (Å²) in [6.45, 7) is 4.60. The van der Waals surface area contributed by atoms with E-state index in [2.05, 4.69) is 19.9 Å². The van der Waals surface area contributed by atoms with Gasteiger partial charge in [-0.3, -0.25) is 0 Å². The Morgan fingerprint density at radius 1 is 1.21 bits per heavy atom. The smallest absolute Gasteiger partial charge is 0.266 e. The molecule has 1 aromatic heterocycles. The molecule has 0 spiro atoms. The minimum atomic E-state index is 0.617. The highest BCUT2D eigenvalue weighted by Crippen LogP contribution is 2.23. The Morgan fingerprint density at radius 2 is 2.07 bits per heavy atom. The topological polar surface area (TPSA) is 45.4 Å². The molecule has 3 fully saturated rings. The molecular formula is C9H14N4O. The van der Waals surface area contributed by atoms with Crippen LogP contribution in [0.2, 0.25) is 0 Å². The van der Waals surface area contributed by atoms with Crippen molar-refractivity contribution in [2.24, 2.45) is 0 Å². The molecule has 5 heteroatoms. The van der Waals surface area contributed by atoms with Gasteiger partial charge in [-0.05, 0) is 18.0 Å². The molecule has 0 aliphatic carbocycles. The molecule has 0 radical (unpaired) electrons. The molecule has 3 aliphatic rings. The first kappa shape index (κ1) is 8.23. The third-order valence-electron chi connectivity index (χ3n) is 3.26. The maximum Gasteiger partial charge on any atom is 0.266 e. The SMILES string of the molecule is c1nc(N2CCN3CCC2CC3)no1. The zero-order valence-corrected chi connectivity index (χ0v) is 8.09. The molecule has 0 atom stereocenters. The quantitative estimate of drug-likeness (QED) is 0.645. The molecule has 14 heavy (non-hydrogen) atoms. The molecule has 76 valence electrons. The van der Waals surface area contributed by atoms with Gasteiger partial charge in [-0.15, -0.1) is 0 Å². The lowest BCUT2D eigenvalue weighted by atomic mass is 10.1. The fourth-order valence-corrected chi connectivity index (χ4v) is 2.44. The van der Waals surface area contributed by atoms with Crippen LogP contribution in [0, 0.1) is 0 Å². The average molecular weight is 194 g/mol. The van der Waals surface area contributed by atoms with Gasteiger partial charge in [0.25, 0.3) is 5.95 Å². The predicted molar refractivity (Wildman–Crippen MR) is 51.1 cm³/mol. The van der Waals surface area contributed by atoms with Gasteiger partial charge in [0.1, 0.15) is 0 Å². The van der Waals surface area contributed by atoms with Crippen LogP contribution in [0.3, 0.4) is 0 Å². The molecule has 0 aromatic carbocycles. The normalized spacial score (nSPS) is 31.9. The standard InChI is InChI=1S/C9H14N4O/c1-3-12-4-2-8(1)13(6-5-12)9-10-7-14-11-9/h7-8H,1-6H2. The second-order valence-corrected chi connectivity index (χ2v) is 4.00. The van der Waals surface area contributed by atoms with E-state index in [4.69, 9.17) is 4.52 Å². The zero-order valence-electron chi connectivity index (χ0n) is 8.09. The van der Waals surface area contributed by atoms with E-state index in [0.29, 0.717) is 6.04 Å². The number of anilines is 1. The van der Waals surface area contributed by atoms with Crippen molar-refractivity contribution in [2.45, 2.75) is 18.9 Å². The molecule has 4 rings (SSSR count). The second kappa shape index (κ2) is 3.24. The third kappa shape index (κ3) is 1.28. The van der Waals surface area contributed by atoms with E-state index in [9.17, 15) is 0 Å². The van der Waals surface area contributed by atoms with Crippen molar-refractivity contribution in [1.82, 2.24) is 15.0 Å². The average Bonchev–Trinajstić information content (AvgIpc) is 2.60. The van der Waals surface area contributed by atoms with E-state index in [1.54, 1.807) is 0 Å². The fourth-order valence-electron chi connectivity index (χ4n) is 2.44. The highest BCUT2D eigenvalue weighted by molar-refractivity contribution is 5.30. The lowest BCUT2D eigenvalue weighted by molar-refractivity contribution is 0.250. The molecule has 1 aromatic rings. The van der Waals surface area contributed by atoms with Crippen molar-refractivity contribution >= 4 is 5.95 Å². The Labute approximate surface area is 82.7 Å². The third-order valence-corrected chi connectivity index (χ3v) is 3.26. The largest absolute Gasteiger partial charge is 0.341 e.